The van der Waals surface area contributed by atoms with Gasteiger partial charge in [-0.15, -0.1) is 0 Å². The van der Waals surface area contributed by atoms with Gasteiger partial charge in [-0.05, 0) is 61.2 Å². The standard InChI is InChI=1S/C22H29N3O3/c1-25(2)19-12-10-18(11-13-19)24-22(27)16-23-21(26)7-5-4-6-17-8-14-20(28-3)15-9-17/h8-15H,4-7,16H2,1-3H3,(H,23,26)(H,24,27). The third kappa shape index (κ3) is 7.31. The molecule has 0 heterocycles. The molecule has 2 aromatic carbocycles. The molecule has 0 aromatic heterocycles. The minimum absolute atomic E-state index is 0.0211. The molecule has 6 heteroatoms. The maximum absolute atomic E-state index is 12.0. The second-order valence-corrected chi connectivity index (χ2v) is 6.82. The molecule has 0 bridgehead atoms. The van der Waals surface area contributed by atoms with Crippen LogP contribution in [0, 0.1) is 0 Å². The number of nitrogens with one attached hydrogen (secondary N) is 2. The number of rotatable bonds is 10. The second kappa shape index (κ2) is 11.0. The second-order valence-electron chi connectivity index (χ2n) is 6.82. The monoisotopic (exact) mass is 383 g/mol. The van der Waals surface area contributed by atoms with Gasteiger partial charge in [-0.2, -0.15) is 0 Å². The van der Waals surface area contributed by atoms with E-state index >= 15 is 0 Å². The molecule has 6 nitrogen and oxygen atoms in total. The smallest absolute Gasteiger partial charge is 0.243 e. The van der Waals surface area contributed by atoms with Gasteiger partial charge in [0.15, 0.2) is 0 Å². The van der Waals surface area contributed by atoms with Crippen molar-refractivity contribution in [3.8, 4) is 5.75 Å². The van der Waals surface area contributed by atoms with Gasteiger partial charge in [-0.1, -0.05) is 12.1 Å². The third-order valence-corrected chi connectivity index (χ3v) is 4.39. The number of aryl methyl sites for hydroxylation is 1. The Bertz CT molecular complexity index is 756. The van der Waals surface area contributed by atoms with Crippen LogP contribution in [0.25, 0.3) is 0 Å². The van der Waals surface area contributed by atoms with Crippen LogP contribution in [0.4, 0.5) is 11.4 Å². The lowest BCUT2D eigenvalue weighted by Crippen LogP contribution is -2.32. The van der Waals surface area contributed by atoms with Crippen molar-refractivity contribution < 1.29 is 14.3 Å². The van der Waals surface area contributed by atoms with Crippen molar-refractivity contribution in [2.24, 2.45) is 0 Å². The molecule has 0 aliphatic carbocycles. The highest BCUT2D eigenvalue weighted by atomic mass is 16.5. The van der Waals surface area contributed by atoms with E-state index in [4.69, 9.17) is 4.74 Å². The molecule has 2 aromatic rings. The Balaban J connectivity index is 1.61. The van der Waals surface area contributed by atoms with E-state index < -0.39 is 0 Å². The molecule has 150 valence electrons. The largest absolute Gasteiger partial charge is 0.497 e. The first-order chi connectivity index (χ1) is 13.5. The predicted molar refractivity (Wildman–Crippen MR) is 113 cm³/mol. The van der Waals surface area contributed by atoms with Gasteiger partial charge in [-0.25, -0.2) is 0 Å². The van der Waals surface area contributed by atoms with Crippen molar-refractivity contribution in [1.82, 2.24) is 5.32 Å². The van der Waals surface area contributed by atoms with Gasteiger partial charge >= 0.3 is 0 Å². The first kappa shape index (κ1) is 21.3. The summed E-state index contributed by atoms with van der Waals surface area (Å²) in [6, 6.07) is 15.5. The molecule has 2 amide bonds. The summed E-state index contributed by atoms with van der Waals surface area (Å²) in [6.45, 7) is -0.0211. The lowest BCUT2D eigenvalue weighted by atomic mass is 10.1. The van der Waals surface area contributed by atoms with Crippen molar-refractivity contribution in [2.75, 3.05) is 38.0 Å². The van der Waals surface area contributed by atoms with Gasteiger partial charge in [0.05, 0.1) is 13.7 Å². The Morgan fingerprint density at radius 2 is 1.61 bits per heavy atom. The van der Waals surface area contributed by atoms with Crippen LogP contribution in [0.5, 0.6) is 5.75 Å². The van der Waals surface area contributed by atoms with Gasteiger partial charge in [0.2, 0.25) is 11.8 Å². The Hall–Kier alpha value is -3.02. The zero-order chi connectivity index (χ0) is 20.4. The van der Waals surface area contributed by atoms with E-state index in [1.807, 2.05) is 67.5 Å². The summed E-state index contributed by atoms with van der Waals surface area (Å²) in [6.07, 6.45) is 3.04. The maximum atomic E-state index is 12.0. The lowest BCUT2D eigenvalue weighted by Gasteiger charge is -2.13. The number of amides is 2. The molecule has 2 rings (SSSR count). The Morgan fingerprint density at radius 3 is 2.21 bits per heavy atom. The summed E-state index contributed by atoms with van der Waals surface area (Å²) in [7, 11) is 5.56. The van der Waals surface area contributed by atoms with Crippen molar-refractivity contribution in [1.29, 1.82) is 0 Å². The molecule has 0 radical (unpaired) electrons. The van der Waals surface area contributed by atoms with Crippen molar-refractivity contribution >= 4 is 23.2 Å². The van der Waals surface area contributed by atoms with Crippen LogP contribution < -0.4 is 20.3 Å². The van der Waals surface area contributed by atoms with E-state index in [1.54, 1.807) is 7.11 Å². The van der Waals surface area contributed by atoms with Crippen LogP contribution in [0.15, 0.2) is 48.5 Å². The van der Waals surface area contributed by atoms with E-state index in [9.17, 15) is 9.59 Å². The Kier molecular flexibility index (Phi) is 8.34. The summed E-state index contributed by atoms with van der Waals surface area (Å²) in [4.78, 5) is 25.8. The van der Waals surface area contributed by atoms with Crippen LogP contribution in [0.3, 0.4) is 0 Å². The van der Waals surface area contributed by atoms with Gasteiger partial charge in [-0.3, -0.25) is 9.59 Å². The van der Waals surface area contributed by atoms with Crippen LogP contribution in [0.2, 0.25) is 0 Å². The van der Waals surface area contributed by atoms with Crippen LogP contribution in [-0.4, -0.2) is 39.6 Å². The fourth-order valence-electron chi connectivity index (χ4n) is 2.72. The third-order valence-electron chi connectivity index (χ3n) is 4.39. The van der Waals surface area contributed by atoms with Crippen molar-refractivity contribution in [3.63, 3.8) is 0 Å². The van der Waals surface area contributed by atoms with E-state index in [0.717, 1.165) is 30.7 Å². The normalized spacial score (nSPS) is 10.2. The van der Waals surface area contributed by atoms with E-state index in [1.165, 1.54) is 5.56 Å². The number of unbranched alkanes of at least 4 members (excludes halogenated alkanes) is 1. The fourth-order valence-corrected chi connectivity index (χ4v) is 2.72. The Labute approximate surface area is 166 Å². The lowest BCUT2D eigenvalue weighted by molar-refractivity contribution is -0.124. The molecule has 0 fully saturated rings. The van der Waals surface area contributed by atoms with Crippen LogP contribution in [0.1, 0.15) is 24.8 Å². The molecule has 2 N–H and O–H groups in total. The average Bonchev–Trinajstić information content (AvgIpc) is 2.70. The number of hydrogen-bond donors (Lipinski definition) is 2. The predicted octanol–water partition coefficient (Wildman–Crippen LogP) is 3.23. The van der Waals surface area contributed by atoms with E-state index in [-0.39, 0.29) is 18.4 Å². The molecule has 0 aliphatic rings. The zero-order valence-corrected chi connectivity index (χ0v) is 16.8. The molecule has 0 atom stereocenters. The number of methoxy groups -OCH3 is 1. The van der Waals surface area contributed by atoms with Crippen molar-refractivity contribution in [2.45, 2.75) is 25.7 Å². The number of nitrogens with zero attached hydrogens (tertiary/aromatic N) is 1. The number of hydrogen-bond acceptors (Lipinski definition) is 4. The molecule has 0 saturated carbocycles. The first-order valence-electron chi connectivity index (χ1n) is 9.45. The summed E-state index contributed by atoms with van der Waals surface area (Å²) < 4.78 is 5.14. The van der Waals surface area contributed by atoms with Crippen molar-refractivity contribution in [3.05, 3.63) is 54.1 Å². The van der Waals surface area contributed by atoms with E-state index in [2.05, 4.69) is 10.6 Å². The summed E-state index contributed by atoms with van der Waals surface area (Å²) in [5, 5.41) is 5.45. The fraction of sp³-hybridized carbons (Fsp3) is 0.364. The van der Waals surface area contributed by atoms with Gasteiger partial charge in [0.1, 0.15) is 5.75 Å². The number of ether oxygens (including phenoxy) is 1. The number of benzene rings is 2. The summed E-state index contributed by atoms with van der Waals surface area (Å²) in [5.41, 5.74) is 2.99. The number of anilines is 2. The average molecular weight is 383 g/mol. The minimum atomic E-state index is -0.232. The highest BCUT2D eigenvalue weighted by Crippen LogP contribution is 2.15. The zero-order valence-electron chi connectivity index (χ0n) is 16.8. The molecular formula is C22H29N3O3. The topological polar surface area (TPSA) is 70.7 Å². The molecule has 0 aliphatic heterocycles. The molecular weight excluding hydrogens is 354 g/mol. The van der Waals surface area contributed by atoms with Gasteiger partial charge in [0, 0.05) is 31.9 Å². The first-order valence-corrected chi connectivity index (χ1v) is 9.45. The SMILES string of the molecule is COc1ccc(CCCCC(=O)NCC(=O)Nc2ccc(N(C)C)cc2)cc1. The maximum Gasteiger partial charge on any atom is 0.243 e. The minimum Gasteiger partial charge on any atom is -0.497 e. The van der Waals surface area contributed by atoms with Gasteiger partial charge < -0.3 is 20.3 Å². The molecule has 0 saturated heterocycles. The summed E-state index contributed by atoms with van der Waals surface area (Å²) in [5.74, 6) is 0.507. The van der Waals surface area contributed by atoms with Crippen LogP contribution in [-0.2, 0) is 16.0 Å². The van der Waals surface area contributed by atoms with Gasteiger partial charge in [0.25, 0.3) is 0 Å². The molecule has 0 spiro atoms. The number of carbonyl (C=O) groups is 2. The highest BCUT2D eigenvalue weighted by molar-refractivity contribution is 5.94. The van der Waals surface area contributed by atoms with Crippen LogP contribution >= 0.6 is 0 Å². The quantitative estimate of drug-likeness (QED) is 0.618. The Morgan fingerprint density at radius 1 is 0.929 bits per heavy atom. The summed E-state index contributed by atoms with van der Waals surface area (Å²) >= 11 is 0. The molecule has 28 heavy (non-hydrogen) atoms. The molecule has 0 unspecified atom stereocenters. The number of carbonyl (C=O) groups excluding carboxylic acids is 2. The highest BCUT2D eigenvalue weighted by Gasteiger charge is 2.06. The van der Waals surface area contributed by atoms with E-state index in [0.29, 0.717) is 12.1 Å².